The number of hydrogen-bond donors (Lipinski definition) is 2. The minimum atomic E-state index is -3.03. The molecule has 2 rings (SSSR count). The largest absolute Gasteiger partial charge is 0.316 e. The van der Waals surface area contributed by atoms with E-state index in [1.54, 1.807) is 0 Å². The van der Waals surface area contributed by atoms with Crippen molar-refractivity contribution >= 4 is 10.0 Å². The van der Waals surface area contributed by atoms with Crippen LogP contribution in [0.25, 0.3) is 0 Å². The second-order valence-electron chi connectivity index (χ2n) is 5.08. The highest BCUT2D eigenvalue weighted by Crippen LogP contribution is 2.18. The summed E-state index contributed by atoms with van der Waals surface area (Å²) in [5.74, 6) is 0.874. The number of rotatable bonds is 5. The van der Waals surface area contributed by atoms with E-state index in [9.17, 15) is 8.42 Å². The van der Waals surface area contributed by atoms with Crippen LogP contribution in [0.2, 0.25) is 0 Å². The molecule has 1 aliphatic heterocycles. The molecule has 0 bridgehead atoms. The first-order valence-electron chi connectivity index (χ1n) is 6.36. The Morgan fingerprint density at radius 2 is 1.81 bits per heavy atom. The number of hydrogen-bond acceptors (Lipinski definition) is 3. The Balaban J connectivity index is 1.72. The van der Waals surface area contributed by atoms with Gasteiger partial charge in [0.05, 0.1) is 5.75 Å². The van der Waals surface area contributed by atoms with Crippen molar-refractivity contribution in [3.8, 4) is 0 Å². The first-order chi connectivity index (χ1) is 7.66. The first kappa shape index (κ1) is 12.3. The fourth-order valence-corrected chi connectivity index (χ4v) is 3.91. The van der Waals surface area contributed by atoms with Crippen LogP contribution in [0, 0.1) is 5.92 Å². The lowest BCUT2D eigenvalue weighted by molar-refractivity contribution is 0.338. The van der Waals surface area contributed by atoms with E-state index in [0.29, 0.717) is 11.7 Å². The van der Waals surface area contributed by atoms with Crippen molar-refractivity contribution in [2.24, 2.45) is 5.92 Å². The molecular weight excluding hydrogens is 224 g/mol. The highest BCUT2D eigenvalue weighted by atomic mass is 32.2. The van der Waals surface area contributed by atoms with E-state index in [1.807, 2.05) is 0 Å². The lowest BCUT2D eigenvalue weighted by Crippen LogP contribution is -2.44. The molecule has 5 heteroatoms. The molecule has 0 amide bonds. The van der Waals surface area contributed by atoms with Gasteiger partial charge in [-0.05, 0) is 38.3 Å². The maximum Gasteiger partial charge on any atom is 0.211 e. The summed E-state index contributed by atoms with van der Waals surface area (Å²) in [5.41, 5.74) is 0. The minimum Gasteiger partial charge on any atom is -0.316 e. The Bertz CT molecular complexity index is 306. The van der Waals surface area contributed by atoms with Gasteiger partial charge < -0.3 is 5.32 Å². The molecule has 2 aliphatic rings. The van der Waals surface area contributed by atoms with Crippen LogP contribution in [0.1, 0.15) is 38.5 Å². The van der Waals surface area contributed by atoms with Crippen LogP contribution in [-0.2, 0) is 10.0 Å². The molecule has 4 nitrogen and oxygen atoms in total. The molecule has 0 aromatic rings. The summed E-state index contributed by atoms with van der Waals surface area (Å²) in [6.07, 6.45) is 6.43. The summed E-state index contributed by atoms with van der Waals surface area (Å²) >= 11 is 0. The molecule has 1 saturated heterocycles. The fraction of sp³-hybridized carbons (Fsp3) is 1.00. The molecule has 0 atom stereocenters. The maximum atomic E-state index is 11.8. The van der Waals surface area contributed by atoms with Gasteiger partial charge in [-0.2, -0.15) is 0 Å². The van der Waals surface area contributed by atoms with E-state index in [2.05, 4.69) is 10.0 Å². The van der Waals surface area contributed by atoms with Crippen LogP contribution in [-0.4, -0.2) is 33.3 Å². The molecule has 2 fully saturated rings. The van der Waals surface area contributed by atoms with Crippen molar-refractivity contribution in [3.63, 3.8) is 0 Å². The van der Waals surface area contributed by atoms with Crippen molar-refractivity contribution in [1.82, 2.24) is 10.0 Å². The summed E-state index contributed by atoms with van der Waals surface area (Å²) in [5, 5.41) is 3.16. The lowest BCUT2D eigenvalue weighted by atomic mass is 9.96. The van der Waals surface area contributed by atoms with E-state index in [0.717, 1.165) is 32.4 Å². The van der Waals surface area contributed by atoms with Gasteiger partial charge in [-0.3, -0.25) is 0 Å². The van der Waals surface area contributed by atoms with Crippen molar-refractivity contribution in [3.05, 3.63) is 0 Å². The van der Waals surface area contributed by atoms with E-state index in [1.165, 1.54) is 19.3 Å². The third-order valence-electron chi connectivity index (χ3n) is 3.61. The molecule has 0 aromatic carbocycles. The Kier molecular flexibility index (Phi) is 4.21. The summed E-state index contributed by atoms with van der Waals surface area (Å²) in [6.45, 7) is 1.97. The SMILES string of the molecule is O=S(=O)(CCC1CNC1)NC1CCCCC1. The van der Waals surface area contributed by atoms with Gasteiger partial charge in [0.25, 0.3) is 0 Å². The fourth-order valence-electron chi connectivity index (χ4n) is 2.41. The smallest absolute Gasteiger partial charge is 0.211 e. The van der Waals surface area contributed by atoms with E-state index >= 15 is 0 Å². The van der Waals surface area contributed by atoms with Crippen LogP contribution >= 0.6 is 0 Å². The zero-order chi connectivity index (χ0) is 11.4. The van der Waals surface area contributed by atoms with Crippen molar-refractivity contribution < 1.29 is 8.42 Å². The predicted molar refractivity (Wildman–Crippen MR) is 64.8 cm³/mol. The molecular formula is C11H22N2O2S. The third kappa shape index (κ3) is 3.71. The summed E-state index contributed by atoms with van der Waals surface area (Å²) in [4.78, 5) is 0. The van der Waals surface area contributed by atoms with Crippen molar-refractivity contribution in [2.75, 3.05) is 18.8 Å². The Hall–Kier alpha value is -0.130. The Morgan fingerprint density at radius 1 is 1.12 bits per heavy atom. The average molecular weight is 246 g/mol. The molecule has 0 radical (unpaired) electrons. The van der Waals surface area contributed by atoms with Gasteiger partial charge in [0.15, 0.2) is 0 Å². The van der Waals surface area contributed by atoms with Crippen LogP contribution in [0.4, 0.5) is 0 Å². The third-order valence-corrected chi connectivity index (χ3v) is 5.08. The molecule has 0 aromatic heterocycles. The second kappa shape index (κ2) is 5.47. The summed E-state index contributed by atoms with van der Waals surface area (Å²) < 4.78 is 26.5. The topological polar surface area (TPSA) is 58.2 Å². The van der Waals surface area contributed by atoms with E-state index in [-0.39, 0.29) is 6.04 Å². The molecule has 1 aliphatic carbocycles. The minimum absolute atomic E-state index is 0.207. The van der Waals surface area contributed by atoms with Gasteiger partial charge >= 0.3 is 0 Å². The zero-order valence-corrected chi connectivity index (χ0v) is 10.6. The molecule has 2 N–H and O–H groups in total. The molecule has 94 valence electrons. The zero-order valence-electron chi connectivity index (χ0n) is 9.74. The van der Waals surface area contributed by atoms with Crippen LogP contribution in [0.5, 0.6) is 0 Å². The highest BCUT2D eigenvalue weighted by Gasteiger charge is 2.23. The normalized spacial score (nSPS) is 24.2. The number of nitrogens with one attached hydrogen (secondary N) is 2. The van der Waals surface area contributed by atoms with E-state index < -0.39 is 10.0 Å². The standard InChI is InChI=1S/C11H22N2O2S/c14-16(15,7-6-10-8-12-9-10)13-11-4-2-1-3-5-11/h10-13H,1-9H2. The van der Waals surface area contributed by atoms with Crippen LogP contribution < -0.4 is 10.0 Å². The quantitative estimate of drug-likeness (QED) is 0.756. The Labute approximate surface area is 98.2 Å². The maximum absolute atomic E-state index is 11.8. The molecule has 0 unspecified atom stereocenters. The summed E-state index contributed by atoms with van der Waals surface area (Å²) in [6, 6.07) is 0.207. The predicted octanol–water partition coefficient (Wildman–Crippen LogP) is 0.848. The second-order valence-corrected chi connectivity index (χ2v) is 6.96. The molecule has 0 spiro atoms. The lowest BCUT2D eigenvalue weighted by Gasteiger charge is -2.27. The van der Waals surface area contributed by atoms with Gasteiger partial charge in [-0.15, -0.1) is 0 Å². The van der Waals surface area contributed by atoms with Crippen molar-refractivity contribution in [2.45, 2.75) is 44.6 Å². The average Bonchev–Trinajstić information content (AvgIpc) is 2.15. The van der Waals surface area contributed by atoms with Crippen LogP contribution in [0.3, 0.4) is 0 Å². The highest BCUT2D eigenvalue weighted by molar-refractivity contribution is 7.89. The van der Waals surface area contributed by atoms with Gasteiger partial charge in [0, 0.05) is 6.04 Å². The molecule has 1 heterocycles. The van der Waals surface area contributed by atoms with E-state index in [4.69, 9.17) is 0 Å². The first-order valence-corrected chi connectivity index (χ1v) is 8.02. The monoisotopic (exact) mass is 246 g/mol. The van der Waals surface area contributed by atoms with Gasteiger partial charge in [0.1, 0.15) is 0 Å². The van der Waals surface area contributed by atoms with Crippen LogP contribution in [0.15, 0.2) is 0 Å². The summed E-state index contributed by atoms with van der Waals surface area (Å²) in [7, 11) is -3.03. The van der Waals surface area contributed by atoms with Gasteiger partial charge in [-0.1, -0.05) is 19.3 Å². The van der Waals surface area contributed by atoms with Gasteiger partial charge in [0.2, 0.25) is 10.0 Å². The number of sulfonamides is 1. The Morgan fingerprint density at radius 3 is 2.38 bits per heavy atom. The van der Waals surface area contributed by atoms with Crippen molar-refractivity contribution in [1.29, 1.82) is 0 Å². The molecule has 16 heavy (non-hydrogen) atoms. The molecule has 1 saturated carbocycles. The van der Waals surface area contributed by atoms with Gasteiger partial charge in [-0.25, -0.2) is 13.1 Å².